The second kappa shape index (κ2) is 7.54. The van der Waals surface area contributed by atoms with Crippen LogP contribution < -0.4 is 19.5 Å². The summed E-state index contributed by atoms with van der Waals surface area (Å²) in [5.41, 5.74) is 2.69. The van der Waals surface area contributed by atoms with Crippen molar-refractivity contribution in [2.24, 2.45) is 0 Å². The Balaban J connectivity index is 2.03. The van der Waals surface area contributed by atoms with Crippen LogP contribution in [0.5, 0.6) is 17.2 Å². The van der Waals surface area contributed by atoms with E-state index >= 15 is 0 Å². The molecule has 1 N–H and O–H groups in total. The van der Waals surface area contributed by atoms with E-state index in [1.165, 1.54) is 0 Å². The number of hydrogen-bond acceptors (Lipinski definition) is 4. The predicted molar refractivity (Wildman–Crippen MR) is 89.6 cm³/mol. The molecule has 0 unspecified atom stereocenters. The standard InChI is InChI=1S/C18H21NO4/c1-12-6-5-7-16(13(12)2)23-11-18(20)19-15-10-14(21-3)8-9-17(15)22-4/h5-10H,11H2,1-4H3,(H,19,20). The molecule has 2 aromatic rings. The van der Waals surface area contributed by atoms with Crippen LogP contribution in [0.4, 0.5) is 5.69 Å². The van der Waals surface area contributed by atoms with Crippen LogP contribution in [0.2, 0.25) is 0 Å². The zero-order chi connectivity index (χ0) is 16.8. The zero-order valence-electron chi connectivity index (χ0n) is 13.8. The van der Waals surface area contributed by atoms with Gasteiger partial charge in [0.1, 0.15) is 17.2 Å². The summed E-state index contributed by atoms with van der Waals surface area (Å²) in [6.45, 7) is 3.89. The third-order valence-corrected chi connectivity index (χ3v) is 3.59. The molecule has 2 aromatic carbocycles. The minimum Gasteiger partial charge on any atom is -0.497 e. The number of hydrogen-bond donors (Lipinski definition) is 1. The van der Waals surface area contributed by atoms with E-state index in [9.17, 15) is 4.79 Å². The van der Waals surface area contributed by atoms with Crippen molar-refractivity contribution < 1.29 is 19.0 Å². The van der Waals surface area contributed by atoms with E-state index in [0.29, 0.717) is 22.9 Å². The average molecular weight is 315 g/mol. The molecule has 5 nitrogen and oxygen atoms in total. The maximum atomic E-state index is 12.1. The van der Waals surface area contributed by atoms with Gasteiger partial charge < -0.3 is 19.5 Å². The fourth-order valence-electron chi connectivity index (χ4n) is 2.12. The van der Waals surface area contributed by atoms with Gasteiger partial charge in [0, 0.05) is 6.07 Å². The molecule has 122 valence electrons. The van der Waals surface area contributed by atoms with Crippen LogP contribution >= 0.6 is 0 Å². The summed E-state index contributed by atoms with van der Waals surface area (Å²) in [4.78, 5) is 12.1. The summed E-state index contributed by atoms with van der Waals surface area (Å²) in [7, 11) is 3.11. The van der Waals surface area contributed by atoms with Crippen LogP contribution in [-0.4, -0.2) is 26.7 Å². The summed E-state index contributed by atoms with van der Waals surface area (Å²) in [5.74, 6) is 1.64. The number of amides is 1. The Bertz CT molecular complexity index is 697. The van der Waals surface area contributed by atoms with E-state index in [-0.39, 0.29) is 12.5 Å². The van der Waals surface area contributed by atoms with Crippen molar-refractivity contribution in [1.82, 2.24) is 0 Å². The van der Waals surface area contributed by atoms with Crippen LogP contribution in [0.25, 0.3) is 0 Å². The summed E-state index contributed by atoms with van der Waals surface area (Å²) in [6.07, 6.45) is 0. The van der Waals surface area contributed by atoms with Crippen molar-refractivity contribution in [3.05, 3.63) is 47.5 Å². The van der Waals surface area contributed by atoms with Crippen molar-refractivity contribution in [3.63, 3.8) is 0 Å². The van der Waals surface area contributed by atoms with Gasteiger partial charge in [-0.05, 0) is 43.2 Å². The maximum Gasteiger partial charge on any atom is 0.262 e. The number of carbonyl (C=O) groups excluding carboxylic acids is 1. The molecule has 1 amide bonds. The fourth-order valence-corrected chi connectivity index (χ4v) is 2.12. The molecular weight excluding hydrogens is 294 g/mol. The van der Waals surface area contributed by atoms with Gasteiger partial charge in [-0.1, -0.05) is 12.1 Å². The monoisotopic (exact) mass is 315 g/mol. The zero-order valence-corrected chi connectivity index (χ0v) is 13.8. The van der Waals surface area contributed by atoms with Gasteiger partial charge in [-0.15, -0.1) is 0 Å². The highest BCUT2D eigenvalue weighted by molar-refractivity contribution is 5.93. The average Bonchev–Trinajstić information content (AvgIpc) is 2.56. The van der Waals surface area contributed by atoms with Crippen LogP contribution in [-0.2, 0) is 4.79 Å². The van der Waals surface area contributed by atoms with Gasteiger partial charge >= 0.3 is 0 Å². The SMILES string of the molecule is COc1ccc(OC)c(NC(=O)COc2cccc(C)c2C)c1. The Kier molecular flexibility index (Phi) is 5.46. The maximum absolute atomic E-state index is 12.1. The quantitative estimate of drug-likeness (QED) is 0.888. The summed E-state index contributed by atoms with van der Waals surface area (Å²) in [6, 6.07) is 11.0. The first-order chi connectivity index (χ1) is 11.0. The Morgan fingerprint density at radius 3 is 2.52 bits per heavy atom. The fraction of sp³-hybridized carbons (Fsp3) is 0.278. The van der Waals surface area contributed by atoms with Gasteiger partial charge in [-0.3, -0.25) is 4.79 Å². The van der Waals surface area contributed by atoms with Gasteiger partial charge in [0.25, 0.3) is 5.91 Å². The molecule has 0 fully saturated rings. The molecule has 0 saturated heterocycles. The lowest BCUT2D eigenvalue weighted by atomic mass is 10.1. The van der Waals surface area contributed by atoms with Crippen molar-refractivity contribution in [2.45, 2.75) is 13.8 Å². The van der Waals surface area contributed by atoms with E-state index in [4.69, 9.17) is 14.2 Å². The Morgan fingerprint density at radius 1 is 1.04 bits per heavy atom. The highest BCUT2D eigenvalue weighted by Gasteiger charge is 2.10. The predicted octanol–water partition coefficient (Wildman–Crippen LogP) is 3.34. The van der Waals surface area contributed by atoms with E-state index < -0.39 is 0 Å². The molecule has 0 aliphatic carbocycles. The molecule has 0 radical (unpaired) electrons. The first kappa shape index (κ1) is 16.7. The number of methoxy groups -OCH3 is 2. The molecule has 0 bridgehead atoms. The molecule has 0 aromatic heterocycles. The molecule has 0 atom stereocenters. The number of nitrogens with one attached hydrogen (secondary N) is 1. The molecule has 0 spiro atoms. The third kappa shape index (κ3) is 4.16. The van der Waals surface area contributed by atoms with Crippen LogP contribution in [0, 0.1) is 13.8 Å². The van der Waals surface area contributed by atoms with Gasteiger partial charge in [-0.2, -0.15) is 0 Å². The molecule has 0 saturated carbocycles. The lowest BCUT2D eigenvalue weighted by molar-refractivity contribution is -0.118. The Morgan fingerprint density at radius 2 is 1.83 bits per heavy atom. The molecular formula is C18H21NO4. The first-order valence-electron chi connectivity index (χ1n) is 7.26. The lowest BCUT2D eigenvalue weighted by Gasteiger charge is -2.13. The summed E-state index contributed by atoms with van der Waals surface area (Å²) >= 11 is 0. The minimum absolute atomic E-state index is 0.0787. The molecule has 2 rings (SSSR count). The van der Waals surface area contributed by atoms with Crippen LogP contribution in [0.15, 0.2) is 36.4 Å². The summed E-state index contributed by atoms with van der Waals surface area (Å²) < 4.78 is 16.0. The normalized spacial score (nSPS) is 10.1. The van der Waals surface area contributed by atoms with Gasteiger partial charge in [0.15, 0.2) is 6.61 Å². The minimum atomic E-state index is -0.266. The number of carbonyl (C=O) groups is 1. The van der Waals surface area contributed by atoms with E-state index in [1.54, 1.807) is 32.4 Å². The van der Waals surface area contributed by atoms with Crippen LogP contribution in [0.1, 0.15) is 11.1 Å². The molecule has 23 heavy (non-hydrogen) atoms. The first-order valence-corrected chi connectivity index (χ1v) is 7.26. The third-order valence-electron chi connectivity index (χ3n) is 3.59. The Labute approximate surface area is 136 Å². The highest BCUT2D eigenvalue weighted by Crippen LogP contribution is 2.29. The van der Waals surface area contributed by atoms with Gasteiger partial charge in [-0.25, -0.2) is 0 Å². The number of rotatable bonds is 6. The van der Waals surface area contributed by atoms with Crippen molar-refractivity contribution >= 4 is 11.6 Å². The smallest absolute Gasteiger partial charge is 0.262 e. The van der Waals surface area contributed by atoms with Crippen molar-refractivity contribution in [3.8, 4) is 17.2 Å². The number of benzene rings is 2. The highest BCUT2D eigenvalue weighted by atomic mass is 16.5. The molecule has 0 aliphatic heterocycles. The van der Waals surface area contributed by atoms with Crippen molar-refractivity contribution in [1.29, 1.82) is 0 Å². The molecule has 5 heteroatoms. The summed E-state index contributed by atoms with van der Waals surface area (Å²) in [5, 5.41) is 2.77. The molecule has 0 heterocycles. The van der Waals surface area contributed by atoms with Crippen LogP contribution in [0.3, 0.4) is 0 Å². The van der Waals surface area contributed by atoms with Gasteiger partial charge in [0.05, 0.1) is 19.9 Å². The Hall–Kier alpha value is -2.69. The topological polar surface area (TPSA) is 56.8 Å². The van der Waals surface area contributed by atoms with E-state index in [0.717, 1.165) is 11.1 Å². The number of anilines is 1. The number of ether oxygens (including phenoxy) is 3. The van der Waals surface area contributed by atoms with E-state index in [1.807, 2.05) is 32.0 Å². The lowest BCUT2D eigenvalue weighted by Crippen LogP contribution is -2.20. The van der Waals surface area contributed by atoms with Gasteiger partial charge in [0.2, 0.25) is 0 Å². The van der Waals surface area contributed by atoms with Crippen molar-refractivity contribution in [2.75, 3.05) is 26.1 Å². The van der Waals surface area contributed by atoms with E-state index in [2.05, 4.69) is 5.32 Å². The second-order valence-corrected chi connectivity index (χ2v) is 5.10. The number of aryl methyl sites for hydroxylation is 1. The second-order valence-electron chi connectivity index (χ2n) is 5.10. The largest absolute Gasteiger partial charge is 0.497 e. The molecule has 0 aliphatic rings.